The SMILES string of the molecule is C=CCOC1CC(C(C)(O)C(F)(F)F)CC(C(O)(C(F)(F)F)C(F)(F)F)C1.CC(O)(C1CC(O)CC(C(O)(C(F)(F)F)C(F)(F)F)C1)C(F)(F)F. The average molecular weight is 797 g/mol. The molecule has 0 bridgehead atoms. The molecule has 304 valence electrons. The van der Waals surface area contributed by atoms with Crippen molar-refractivity contribution in [2.24, 2.45) is 23.7 Å². The lowest BCUT2D eigenvalue weighted by Crippen LogP contribution is -2.64. The molecule has 0 aromatic rings. The average Bonchev–Trinajstić information content (AvgIpc) is 2.91. The Bertz CT molecular complexity index is 1120. The van der Waals surface area contributed by atoms with Gasteiger partial charge in [-0.25, -0.2) is 0 Å². The Morgan fingerprint density at radius 3 is 1.06 bits per heavy atom. The van der Waals surface area contributed by atoms with Crippen LogP contribution in [0, 0.1) is 23.7 Å². The number of hydrogen-bond donors (Lipinski definition) is 5. The van der Waals surface area contributed by atoms with Crippen LogP contribution in [0.4, 0.5) is 79.0 Å². The summed E-state index contributed by atoms with van der Waals surface area (Å²) in [6, 6.07) is 0. The highest BCUT2D eigenvalue weighted by Crippen LogP contribution is 2.56. The van der Waals surface area contributed by atoms with Crippen LogP contribution in [0.25, 0.3) is 0 Å². The number of rotatable bonds is 7. The second-order valence-corrected chi connectivity index (χ2v) is 12.9. The number of aliphatic hydroxyl groups is 5. The lowest BCUT2D eigenvalue weighted by molar-refractivity contribution is -0.392. The molecule has 0 saturated heterocycles. The largest absolute Gasteiger partial charge is 0.426 e. The number of hydrogen-bond acceptors (Lipinski definition) is 6. The van der Waals surface area contributed by atoms with E-state index in [9.17, 15) is 105 Å². The molecule has 0 spiro atoms. The smallest absolute Gasteiger partial charge is 0.393 e. The molecule has 24 heteroatoms. The fourth-order valence-electron chi connectivity index (χ4n) is 6.21. The van der Waals surface area contributed by atoms with E-state index < -0.39 is 134 Å². The molecular weight excluding hydrogens is 762 g/mol. The van der Waals surface area contributed by atoms with Gasteiger partial charge in [0.15, 0.2) is 11.2 Å². The Kier molecular flexibility index (Phi) is 13.7. The van der Waals surface area contributed by atoms with Crippen LogP contribution in [-0.4, -0.2) is 104 Å². The second-order valence-electron chi connectivity index (χ2n) is 12.9. The Morgan fingerprint density at radius 1 is 0.490 bits per heavy atom. The van der Waals surface area contributed by atoms with Gasteiger partial charge in [0.05, 0.1) is 18.8 Å². The summed E-state index contributed by atoms with van der Waals surface area (Å²) in [4.78, 5) is 0. The van der Waals surface area contributed by atoms with Gasteiger partial charge in [0.25, 0.3) is 11.2 Å². The number of halogens is 18. The van der Waals surface area contributed by atoms with E-state index in [1.807, 2.05) is 0 Å². The molecule has 2 aliphatic carbocycles. The van der Waals surface area contributed by atoms with Crippen molar-refractivity contribution in [3.8, 4) is 0 Å². The fraction of sp³-hybridized carbons (Fsp3) is 0.926. The lowest BCUT2D eigenvalue weighted by Gasteiger charge is -2.47. The van der Waals surface area contributed by atoms with Gasteiger partial charge < -0.3 is 30.3 Å². The quantitative estimate of drug-likeness (QED) is 0.139. The minimum absolute atomic E-state index is 0.201. The minimum atomic E-state index is -6.22. The number of alkyl halides is 18. The van der Waals surface area contributed by atoms with Crippen LogP contribution in [0.1, 0.15) is 52.4 Å². The third kappa shape index (κ3) is 9.49. The van der Waals surface area contributed by atoms with Crippen LogP contribution in [-0.2, 0) is 4.74 Å². The molecule has 2 fully saturated rings. The predicted octanol–water partition coefficient (Wildman–Crippen LogP) is 7.08. The molecule has 0 radical (unpaired) electrons. The highest BCUT2D eigenvalue weighted by Gasteiger charge is 2.76. The molecule has 51 heavy (non-hydrogen) atoms. The zero-order chi connectivity index (χ0) is 40.8. The first kappa shape index (κ1) is 47.3. The van der Waals surface area contributed by atoms with Crippen molar-refractivity contribution in [3.63, 3.8) is 0 Å². The van der Waals surface area contributed by atoms with E-state index in [1.165, 1.54) is 0 Å². The first-order valence-electron chi connectivity index (χ1n) is 14.4. The molecule has 6 nitrogen and oxygen atoms in total. The highest BCUT2D eigenvalue weighted by atomic mass is 19.4. The summed E-state index contributed by atoms with van der Waals surface area (Å²) in [5, 5.41) is 47.6. The van der Waals surface area contributed by atoms with Gasteiger partial charge in [0.2, 0.25) is 0 Å². The number of ether oxygens (including phenoxy) is 1. The first-order chi connectivity index (χ1) is 22.2. The Balaban J connectivity index is 0.000000514. The highest BCUT2D eigenvalue weighted by molar-refractivity contribution is 5.06. The Morgan fingerprint density at radius 2 is 0.765 bits per heavy atom. The topological polar surface area (TPSA) is 110 Å². The van der Waals surface area contributed by atoms with E-state index in [1.54, 1.807) is 0 Å². The van der Waals surface area contributed by atoms with Gasteiger partial charge in [0.1, 0.15) is 0 Å². The summed E-state index contributed by atoms with van der Waals surface area (Å²) in [6.45, 7) is 3.37. The maximum atomic E-state index is 13.1. The summed E-state index contributed by atoms with van der Waals surface area (Å²) >= 11 is 0. The Hall–Kier alpha value is -1.76. The van der Waals surface area contributed by atoms with Gasteiger partial charge in [-0.05, 0) is 64.2 Å². The van der Waals surface area contributed by atoms with Gasteiger partial charge in [-0.3, -0.25) is 0 Å². The molecule has 0 heterocycles. The lowest BCUT2D eigenvalue weighted by atomic mass is 9.66. The summed E-state index contributed by atoms with van der Waals surface area (Å²) in [5.74, 6) is -9.69. The third-order valence-electron chi connectivity index (χ3n) is 9.44. The number of aliphatic hydroxyl groups excluding tert-OH is 1. The summed E-state index contributed by atoms with van der Waals surface area (Å²) in [6.07, 6.45) is -44.3. The van der Waals surface area contributed by atoms with Crippen LogP contribution in [0.2, 0.25) is 0 Å². The van der Waals surface area contributed by atoms with E-state index in [2.05, 4.69) is 6.58 Å². The predicted molar refractivity (Wildman–Crippen MR) is 135 cm³/mol. The van der Waals surface area contributed by atoms with Crippen molar-refractivity contribution in [2.75, 3.05) is 6.61 Å². The van der Waals surface area contributed by atoms with E-state index >= 15 is 0 Å². The van der Waals surface area contributed by atoms with Crippen LogP contribution in [0.3, 0.4) is 0 Å². The van der Waals surface area contributed by atoms with E-state index in [0.717, 1.165) is 6.08 Å². The van der Waals surface area contributed by atoms with Gasteiger partial charge in [-0.1, -0.05) is 6.08 Å². The van der Waals surface area contributed by atoms with Crippen molar-refractivity contribution in [1.82, 2.24) is 0 Å². The van der Waals surface area contributed by atoms with E-state index in [-0.39, 0.29) is 20.5 Å². The minimum Gasteiger partial charge on any atom is -0.393 e. The Labute approximate surface area is 277 Å². The van der Waals surface area contributed by atoms with Crippen LogP contribution < -0.4 is 0 Å². The van der Waals surface area contributed by atoms with Gasteiger partial charge in [-0.2, -0.15) is 79.0 Å². The van der Waals surface area contributed by atoms with E-state index in [0.29, 0.717) is 0 Å². The van der Waals surface area contributed by atoms with Crippen molar-refractivity contribution >= 4 is 0 Å². The molecule has 2 saturated carbocycles. The molecule has 8 unspecified atom stereocenters. The van der Waals surface area contributed by atoms with Gasteiger partial charge >= 0.3 is 37.1 Å². The van der Waals surface area contributed by atoms with Crippen molar-refractivity contribution in [3.05, 3.63) is 12.7 Å². The molecule has 0 aromatic heterocycles. The van der Waals surface area contributed by atoms with Gasteiger partial charge in [0, 0.05) is 11.8 Å². The van der Waals surface area contributed by atoms with Crippen molar-refractivity contribution < 1.29 is 109 Å². The normalized spacial score (nSPS) is 29.0. The zero-order valence-corrected chi connectivity index (χ0v) is 26.1. The molecule has 0 amide bonds. The summed E-state index contributed by atoms with van der Waals surface area (Å²) in [5.41, 5.74) is -17.7. The standard InChI is InChI=1S/C15H19F9O3.C12H15F9O3/c1-3-4-27-10-6-8(11(2,25)13(16,17)18)5-9(7-10)12(26,14(19,20)21)15(22,23)24;1-8(23,10(13,14)15)5-2-6(4-7(22)3-5)9(24,11(16,17)18)12(19,20)21/h3,8-10,25-26H,1,4-7H2,2H3;5-7,22-24H,2-4H2,1H3. The molecular formula is C27H34F18O6. The van der Waals surface area contributed by atoms with Gasteiger partial charge in [-0.15, -0.1) is 6.58 Å². The molecule has 0 aromatic carbocycles. The monoisotopic (exact) mass is 796 g/mol. The van der Waals surface area contributed by atoms with Crippen molar-refractivity contribution in [2.45, 2.75) is 124 Å². The zero-order valence-electron chi connectivity index (χ0n) is 26.1. The third-order valence-corrected chi connectivity index (χ3v) is 9.44. The molecule has 2 aliphatic rings. The summed E-state index contributed by atoms with van der Waals surface area (Å²) < 4.78 is 238. The summed E-state index contributed by atoms with van der Waals surface area (Å²) in [7, 11) is 0. The fourth-order valence-corrected chi connectivity index (χ4v) is 6.21. The molecule has 8 atom stereocenters. The maximum Gasteiger partial charge on any atom is 0.426 e. The first-order valence-corrected chi connectivity index (χ1v) is 14.4. The molecule has 0 aliphatic heterocycles. The molecule has 5 N–H and O–H groups in total. The second kappa shape index (κ2) is 14.8. The van der Waals surface area contributed by atoms with E-state index in [4.69, 9.17) is 4.74 Å². The van der Waals surface area contributed by atoms with Crippen LogP contribution in [0.5, 0.6) is 0 Å². The van der Waals surface area contributed by atoms with Crippen LogP contribution >= 0.6 is 0 Å². The molecule has 2 rings (SSSR count). The maximum absolute atomic E-state index is 13.1. The van der Waals surface area contributed by atoms with Crippen molar-refractivity contribution in [1.29, 1.82) is 0 Å². The van der Waals surface area contributed by atoms with Crippen LogP contribution in [0.15, 0.2) is 12.7 Å².